The Morgan fingerprint density at radius 2 is 1.95 bits per heavy atom. The van der Waals surface area contributed by atoms with Crippen molar-refractivity contribution in [1.82, 2.24) is 5.32 Å². The number of nitrogens with zero attached hydrogens (tertiary/aromatic N) is 1. The lowest BCUT2D eigenvalue weighted by molar-refractivity contribution is -0.137. The highest BCUT2D eigenvalue weighted by Crippen LogP contribution is 2.29. The first-order valence-corrected chi connectivity index (χ1v) is 7.30. The third-order valence-corrected chi connectivity index (χ3v) is 4.00. The second-order valence-electron chi connectivity index (χ2n) is 5.56. The molecule has 5 heteroatoms. The van der Waals surface area contributed by atoms with Crippen LogP contribution >= 0.6 is 0 Å². The van der Waals surface area contributed by atoms with Gasteiger partial charge >= 0.3 is 6.18 Å². The van der Waals surface area contributed by atoms with Crippen molar-refractivity contribution in [2.45, 2.75) is 50.9 Å². The fraction of sp³-hybridized carbons (Fsp3) is 0.562. The van der Waals surface area contributed by atoms with Crippen molar-refractivity contribution in [3.05, 3.63) is 35.4 Å². The van der Waals surface area contributed by atoms with Crippen molar-refractivity contribution < 1.29 is 13.2 Å². The maximum atomic E-state index is 12.7. The van der Waals surface area contributed by atoms with Crippen molar-refractivity contribution in [3.8, 4) is 6.07 Å². The van der Waals surface area contributed by atoms with E-state index in [4.69, 9.17) is 0 Å². The van der Waals surface area contributed by atoms with Crippen molar-refractivity contribution in [3.63, 3.8) is 0 Å². The maximum Gasteiger partial charge on any atom is 0.416 e. The van der Waals surface area contributed by atoms with Gasteiger partial charge in [-0.1, -0.05) is 37.5 Å². The van der Waals surface area contributed by atoms with Crippen LogP contribution in [-0.2, 0) is 12.7 Å². The third kappa shape index (κ3) is 4.47. The number of hydrogen-bond donors (Lipinski definition) is 1. The van der Waals surface area contributed by atoms with Crippen LogP contribution < -0.4 is 5.32 Å². The predicted molar refractivity (Wildman–Crippen MR) is 74.3 cm³/mol. The number of benzene rings is 1. The summed E-state index contributed by atoms with van der Waals surface area (Å²) in [5.41, 5.74) is -0.0229. The maximum absolute atomic E-state index is 12.7. The first-order chi connectivity index (χ1) is 10.0. The smallest absolute Gasteiger partial charge is 0.309 e. The fourth-order valence-electron chi connectivity index (χ4n) is 2.81. The molecule has 0 spiro atoms. The van der Waals surface area contributed by atoms with Gasteiger partial charge in [-0.05, 0) is 24.5 Å². The van der Waals surface area contributed by atoms with Crippen LogP contribution in [0.15, 0.2) is 24.3 Å². The standard InChI is InChI=1S/C16H19F3N2/c17-16(18,19)14-7-4-5-12(9-14)11-21-15-8-3-1-2-6-13(15)10-20/h4-5,7,9,13,15,21H,1-3,6,8,11H2. The molecule has 1 fully saturated rings. The van der Waals surface area contributed by atoms with Gasteiger partial charge < -0.3 is 5.32 Å². The molecule has 0 aromatic heterocycles. The first kappa shape index (κ1) is 15.8. The van der Waals surface area contributed by atoms with E-state index in [0.29, 0.717) is 12.1 Å². The minimum atomic E-state index is -4.31. The molecule has 1 saturated carbocycles. The summed E-state index contributed by atoms with van der Waals surface area (Å²) < 4.78 is 38.0. The lowest BCUT2D eigenvalue weighted by Gasteiger charge is -2.21. The van der Waals surface area contributed by atoms with Crippen LogP contribution in [0.1, 0.15) is 43.2 Å². The molecule has 2 nitrogen and oxygen atoms in total. The second kappa shape index (κ2) is 6.95. The van der Waals surface area contributed by atoms with Gasteiger partial charge in [0.25, 0.3) is 0 Å². The van der Waals surface area contributed by atoms with Crippen LogP contribution in [-0.4, -0.2) is 6.04 Å². The van der Waals surface area contributed by atoms with Crippen molar-refractivity contribution in [2.24, 2.45) is 5.92 Å². The minimum Gasteiger partial charge on any atom is -0.309 e. The Morgan fingerprint density at radius 1 is 1.19 bits per heavy atom. The largest absolute Gasteiger partial charge is 0.416 e. The molecule has 0 amide bonds. The van der Waals surface area contributed by atoms with E-state index in [2.05, 4.69) is 11.4 Å². The van der Waals surface area contributed by atoms with Gasteiger partial charge in [0, 0.05) is 12.6 Å². The topological polar surface area (TPSA) is 35.8 Å². The summed E-state index contributed by atoms with van der Waals surface area (Å²) in [6, 6.07) is 7.75. The zero-order chi connectivity index (χ0) is 15.3. The molecule has 21 heavy (non-hydrogen) atoms. The molecule has 1 aliphatic carbocycles. The van der Waals surface area contributed by atoms with Crippen molar-refractivity contribution in [2.75, 3.05) is 0 Å². The summed E-state index contributed by atoms with van der Waals surface area (Å²) in [5.74, 6) is -0.0432. The molecule has 0 heterocycles. The van der Waals surface area contributed by atoms with Crippen LogP contribution in [0.3, 0.4) is 0 Å². The molecule has 1 aliphatic rings. The summed E-state index contributed by atoms with van der Waals surface area (Å²) in [6.07, 6.45) is 0.722. The van der Waals surface area contributed by atoms with E-state index in [1.165, 1.54) is 12.1 Å². The molecule has 0 radical (unpaired) electrons. The summed E-state index contributed by atoms with van der Waals surface area (Å²) in [5, 5.41) is 12.5. The summed E-state index contributed by atoms with van der Waals surface area (Å²) >= 11 is 0. The molecular formula is C16H19F3N2. The van der Waals surface area contributed by atoms with Gasteiger partial charge in [-0.15, -0.1) is 0 Å². The highest BCUT2D eigenvalue weighted by atomic mass is 19.4. The molecule has 1 N–H and O–H groups in total. The molecule has 0 saturated heterocycles. The Balaban J connectivity index is 2.00. The summed E-state index contributed by atoms with van der Waals surface area (Å²) in [4.78, 5) is 0. The van der Waals surface area contributed by atoms with Crippen molar-refractivity contribution in [1.29, 1.82) is 5.26 Å². The van der Waals surface area contributed by atoms with Gasteiger partial charge in [0.05, 0.1) is 17.6 Å². The van der Waals surface area contributed by atoms with E-state index >= 15 is 0 Å². The van der Waals surface area contributed by atoms with E-state index < -0.39 is 11.7 Å². The lowest BCUT2D eigenvalue weighted by atomic mass is 9.96. The molecular weight excluding hydrogens is 277 g/mol. The summed E-state index contributed by atoms with van der Waals surface area (Å²) in [7, 11) is 0. The number of halogens is 3. The van der Waals surface area contributed by atoms with Gasteiger partial charge in [-0.3, -0.25) is 0 Å². The van der Waals surface area contributed by atoms with Gasteiger partial charge in [0.15, 0.2) is 0 Å². The number of rotatable bonds is 3. The zero-order valence-corrected chi connectivity index (χ0v) is 11.8. The van der Waals surface area contributed by atoms with E-state index in [1.54, 1.807) is 6.07 Å². The molecule has 2 rings (SSSR count). The predicted octanol–water partition coefficient (Wildman–Crippen LogP) is 4.27. The Bertz CT molecular complexity index is 505. The van der Waals surface area contributed by atoms with Gasteiger partial charge in [-0.2, -0.15) is 18.4 Å². The van der Waals surface area contributed by atoms with Gasteiger partial charge in [0.2, 0.25) is 0 Å². The fourth-order valence-corrected chi connectivity index (χ4v) is 2.81. The Labute approximate surface area is 123 Å². The van der Waals surface area contributed by atoms with Crippen LogP contribution in [0.5, 0.6) is 0 Å². The molecule has 2 unspecified atom stereocenters. The second-order valence-corrected chi connectivity index (χ2v) is 5.56. The summed E-state index contributed by atoms with van der Waals surface area (Å²) in [6.45, 7) is 0.368. The van der Waals surface area contributed by atoms with Gasteiger partial charge in [0.1, 0.15) is 0 Å². The van der Waals surface area contributed by atoms with Crippen molar-refractivity contribution >= 4 is 0 Å². The van der Waals surface area contributed by atoms with E-state index in [9.17, 15) is 18.4 Å². The molecule has 0 bridgehead atoms. The Kier molecular flexibility index (Phi) is 5.24. The SMILES string of the molecule is N#CC1CCCCCC1NCc1cccc(C(F)(F)F)c1. The molecule has 0 aliphatic heterocycles. The number of alkyl halides is 3. The van der Waals surface area contributed by atoms with Crippen LogP contribution in [0.25, 0.3) is 0 Å². The van der Waals surface area contributed by atoms with E-state index in [1.807, 2.05) is 0 Å². The highest BCUT2D eigenvalue weighted by molar-refractivity contribution is 5.25. The minimum absolute atomic E-state index is 0.0432. The molecule has 1 aromatic rings. The Morgan fingerprint density at radius 3 is 2.67 bits per heavy atom. The number of nitrogens with one attached hydrogen (secondary N) is 1. The molecule has 2 atom stereocenters. The van der Waals surface area contributed by atoms with Gasteiger partial charge in [-0.25, -0.2) is 0 Å². The monoisotopic (exact) mass is 296 g/mol. The average molecular weight is 296 g/mol. The van der Waals surface area contributed by atoms with Crippen LogP contribution in [0.4, 0.5) is 13.2 Å². The van der Waals surface area contributed by atoms with E-state index in [-0.39, 0.29) is 12.0 Å². The third-order valence-electron chi connectivity index (χ3n) is 4.00. The normalized spacial score (nSPS) is 23.3. The molecule has 1 aromatic carbocycles. The average Bonchev–Trinajstić information content (AvgIpc) is 2.69. The quantitative estimate of drug-likeness (QED) is 0.846. The van der Waals surface area contributed by atoms with E-state index in [0.717, 1.165) is 38.2 Å². The number of nitriles is 1. The highest BCUT2D eigenvalue weighted by Gasteiger charge is 2.30. The number of hydrogen-bond acceptors (Lipinski definition) is 2. The van der Waals surface area contributed by atoms with Crippen LogP contribution in [0, 0.1) is 17.2 Å². The lowest BCUT2D eigenvalue weighted by Crippen LogP contribution is -2.34. The first-order valence-electron chi connectivity index (χ1n) is 7.30. The molecule has 114 valence electrons. The van der Waals surface area contributed by atoms with Crippen LogP contribution in [0.2, 0.25) is 0 Å². The zero-order valence-electron chi connectivity index (χ0n) is 11.8. The Hall–Kier alpha value is -1.54.